The number of likely N-dealkylation sites (N-methyl/N-ethyl adjacent to an activating group) is 1. The van der Waals surface area contributed by atoms with Gasteiger partial charge in [-0.05, 0) is 25.7 Å². The normalized spacial score (nSPS) is 17.8. The first kappa shape index (κ1) is 16.0. The number of nitrogens with two attached hydrogens (primary N) is 1. The van der Waals surface area contributed by atoms with Gasteiger partial charge in [-0.1, -0.05) is 19.3 Å². The minimum Gasteiger partial charge on any atom is -0.347 e. The van der Waals surface area contributed by atoms with Crippen LogP contribution in [-0.2, 0) is 9.59 Å². The molecular weight excluding hydrogens is 242 g/mol. The summed E-state index contributed by atoms with van der Waals surface area (Å²) in [5.41, 5.74) is 5.51. The van der Waals surface area contributed by atoms with Gasteiger partial charge in [0.05, 0.1) is 6.54 Å². The van der Waals surface area contributed by atoms with Gasteiger partial charge in [0, 0.05) is 26.1 Å². The molecule has 0 aliphatic heterocycles. The number of hydrogen-bond acceptors (Lipinski definition) is 3. The predicted molar refractivity (Wildman–Crippen MR) is 75.5 cm³/mol. The van der Waals surface area contributed by atoms with Crippen molar-refractivity contribution in [2.24, 2.45) is 11.7 Å². The molecule has 1 aliphatic carbocycles. The maximum absolute atomic E-state index is 11.8. The summed E-state index contributed by atoms with van der Waals surface area (Å²) in [5.74, 6) is 0.411. The van der Waals surface area contributed by atoms with Crippen molar-refractivity contribution in [2.75, 3.05) is 20.1 Å². The molecule has 1 aliphatic rings. The number of carbonyl (C=O) groups is 2. The van der Waals surface area contributed by atoms with Gasteiger partial charge in [-0.25, -0.2) is 0 Å². The van der Waals surface area contributed by atoms with Crippen molar-refractivity contribution in [1.29, 1.82) is 0 Å². The van der Waals surface area contributed by atoms with Crippen molar-refractivity contribution in [3.05, 3.63) is 0 Å². The van der Waals surface area contributed by atoms with Crippen LogP contribution < -0.4 is 11.1 Å². The fourth-order valence-corrected chi connectivity index (χ4v) is 2.43. The zero-order valence-corrected chi connectivity index (χ0v) is 12.2. The highest BCUT2D eigenvalue weighted by molar-refractivity contribution is 5.84. The lowest BCUT2D eigenvalue weighted by Crippen LogP contribution is -2.45. The summed E-state index contributed by atoms with van der Waals surface area (Å²) in [7, 11) is 1.72. The molecule has 0 heterocycles. The molecule has 0 spiro atoms. The number of carbonyl (C=O) groups excluding carboxylic acids is 2. The summed E-state index contributed by atoms with van der Waals surface area (Å²) in [5, 5.41) is 2.72. The monoisotopic (exact) mass is 269 g/mol. The van der Waals surface area contributed by atoms with Crippen LogP contribution in [0, 0.1) is 5.92 Å². The Kier molecular flexibility index (Phi) is 6.84. The molecule has 1 unspecified atom stereocenters. The molecule has 0 saturated heterocycles. The highest BCUT2D eigenvalue weighted by Crippen LogP contribution is 2.25. The lowest BCUT2D eigenvalue weighted by atomic mass is 9.87. The fraction of sp³-hybridized carbons (Fsp3) is 0.857. The van der Waals surface area contributed by atoms with E-state index in [1.165, 1.54) is 19.3 Å². The van der Waals surface area contributed by atoms with Crippen LogP contribution in [0.5, 0.6) is 0 Å². The van der Waals surface area contributed by atoms with E-state index < -0.39 is 0 Å². The van der Waals surface area contributed by atoms with Gasteiger partial charge in [0.2, 0.25) is 11.8 Å². The molecule has 0 aromatic heterocycles. The smallest absolute Gasteiger partial charge is 0.241 e. The molecular formula is C14H27N3O2. The largest absolute Gasteiger partial charge is 0.347 e. The van der Waals surface area contributed by atoms with E-state index in [2.05, 4.69) is 5.32 Å². The van der Waals surface area contributed by atoms with Crippen molar-refractivity contribution in [3.63, 3.8) is 0 Å². The van der Waals surface area contributed by atoms with Gasteiger partial charge in [-0.2, -0.15) is 0 Å². The van der Waals surface area contributed by atoms with Crippen molar-refractivity contribution in [1.82, 2.24) is 10.2 Å². The highest BCUT2D eigenvalue weighted by atomic mass is 16.2. The lowest BCUT2D eigenvalue weighted by molar-refractivity contribution is -0.133. The third-order valence-corrected chi connectivity index (χ3v) is 4.03. The van der Waals surface area contributed by atoms with Gasteiger partial charge in [0.1, 0.15) is 0 Å². The summed E-state index contributed by atoms with van der Waals surface area (Å²) in [4.78, 5) is 25.2. The molecule has 0 aromatic carbocycles. The average molecular weight is 269 g/mol. The molecule has 3 N–H and O–H groups in total. The topological polar surface area (TPSA) is 75.4 Å². The number of rotatable bonds is 6. The molecule has 5 nitrogen and oxygen atoms in total. The Labute approximate surface area is 115 Å². The van der Waals surface area contributed by atoms with Gasteiger partial charge in [0.15, 0.2) is 0 Å². The van der Waals surface area contributed by atoms with Crippen molar-refractivity contribution in [2.45, 2.75) is 51.5 Å². The predicted octanol–water partition coefficient (Wildman–Crippen LogP) is 0.879. The second-order valence-corrected chi connectivity index (χ2v) is 5.57. The van der Waals surface area contributed by atoms with Gasteiger partial charge >= 0.3 is 0 Å². The molecule has 2 amide bonds. The van der Waals surface area contributed by atoms with Crippen LogP contribution in [0.25, 0.3) is 0 Å². The first-order valence-electron chi connectivity index (χ1n) is 7.27. The number of nitrogens with one attached hydrogen (secondary N) is 1. The Balaban J connectivity index is 2.23. The van der Waals surface area contributed by atoms with Crippen LogP contribution in [0.2, 0.25) is 0 Å². The Morgan fingerprint density at radius 1 is 1.32 bits per heavy atom. The summed E-state index contributed by atoms with van der Waals surface area (Å²) in [6, 6.07) is 0.00254. The Bertz CT molecular complexity index is 301. The van der Waals surface area contributed by atoms with Crippen LogP contribution in [0.4, 0.5) is 0 Å². The molecule has 0 bridgehead atoms. The maximum Gasteiger partial charge on any atom is 0.241 e. The second kappa shape index (κ2) is 8.15. The Morgan fingerprint density at radius 2 is 1.95 bits per heavy atom. The van der Waals surface area contributed by atoms with E-state index in [0.717, 1.165) is 12.8 Å². The van der Waals surface area contributed by atoms with E-state index in [0.29, 0.717) is 18.9 Å². The van der Waals surface area contributed by atoms with Crippen LogP contribution in [0.15, 0.2) is 0 Å². The average Bonchev–Trinajstić information content (AvgIpc) is 2.44. The van der Waals surface area contributed by atoms with Crippen LogP contribution in [0.3, 0.4) is 0 Å². The Hall–Kier alpha value is -1.10. The first-order valence-corrected chi connectivity index (χ1v) is 7.27. The summed E-state index contributed by atoms with van der Waals surface area (Å²) < 4.78 is 0. The summed E-state index contributed by atoms with van der Waals surface area (Å²) >= 11 is 0. The fourth-order valence-electron chi connectivity index (χ4n) is 2.43. The lowest BCUT2D eigenvalue weighted by Gasteiger charge is -2.24. The molecule has 110 valence electrons. The minimum absolute atomic E-state index is 0.00254. The zero-order valence-electron chi connectivity index (χ0n) is 12.2. The summed E-state index contributed by atoms with van der Waals surface area (Å²) in [6.07, 6.45) is 6.60. The molecule has 19 heavy (non-hydrogen) atoms. The second-order valence-electron chi connectivity index (χ2n) is 5.57. The van der Waals surface area contributed by atoms with Gasteiger partial charge < -0.3 is 16.0 Å². The standard InChI is InChI=1S/C14H27N3O2/c1-11(9-15)17(2)14(19)10-16-13(18)8-12-6-4-3-5-7-12/h11-12H,3-10,15H2,1-2H3,(H,16,18). The third-order valence-electron chi connectivity index (χ3n) is 4.03. The van der Waals surface area contributed by atoms with E-state index in [-0.39, 0.29) is 24.4 Å². The quantitative estimate of drug-likeness (QED) is 0.751. The zero-order chi connectivity index (χ0) is 14.3. The molecule has 0 radical (unpaired) electrons. The first-order chi connectivity index (χ1) is 9.04. The molecule has 1 saturated carbocycles. The van der Waals surface area contributed by atoms with E-state index in [9.17, 15) is 9.59 Å². The van der Waals surface area contributed by atoms with Crippen molar-refractivity contribution >= 4 is 11.8 Å². The highest BCUT2D eigenvalue weighted by Gasteiger charge is 2.19. The summed E-state index contributed by atoms with van der Waals surface area (Å²) in [6.45, 7) is 2.40. The number of nitrogens with zero attached hydrogens (tertiary/aromatic N) is 1. The van der Waals surface area contributed by atoms with Crippen molar-refractivity contribution in [3.8, 4) is 0 Å². The van der Waals surface area contributed by atoms with Gasteiger partial charge in [0.25, 0.3) is 0 Å². The SMILES string of the molecule is CC(CN)N(C)C(=O)CNC(=O)CC1CCCCC1. The third kappa shape index (κ3) is 5.59. The molecule has 1 atom stereocenters. The molecule has 5 heteroatoms. The maximum atomic E-state index is 11.8. The van der Waals surface area contributed by atoms with E-state index in [4.69, 9.17) is 5.73 Å². The van der Waals surface area contributed by atoms with Crippen LogP contribution in [0.1, 0.15) is 45.4 Å². The molecule has 1 fully saturated rings. The van der Waals surface area contributed by atoms with E-state index >= 15 is 0 Å². The molecule has 0 aromatic rings. The van der Waals surface area contributed by atoms with Gasteiger partial charge in [-0.15, -0.1) is 0 Å². The van der Waals surface area contributed by atoms with Crippen LogP contribution >= 0.6 is 0 Å². The number of amides is 2. The van der Waals surface area contributed by atoms with Gasteiger partial charge in [-0.3, -0.25) is 9.59 Å². The number of hydrogen-bond donors (Lipinski definition) is 2. The van der Waals surface area contributed by atoms with Crippen LogP contribution in [-0.4, -0.2) is 42.9 Å². The minimum atomic E-state index is -0.0880. The Morgan fingerprint density at radius 3 is 2.53 bits per heavy atom. The van der Waals surface area contributed by atoms with E-state index in [1.807, 2.05) is 6.92 Å². The van der Waals surface area contributed by atoms with E-state index in [1.54, 1.807) is 11.9 Å². The van der Waals surface area contributed by atoms with Crippen molar-refractivity contribution < 1.29 is 9.59 Å². The molecule has 1 rings (SSSR count).